The second kappa shape index (κ2) is 5.29. The molecular formula is C10H15N3O3. The van der Waals surface area contributed by atoms with E-state index in [1.54, 1.807) is 13.8 Å². The molecule has 6 heteroatoms. The summed E-state index contributed by atoms with van der Waals surface area (Å²) in [5.74, 6) is -0.419. The van der Waals surface area contributed by atoms with Crippen molar-refractivity contribution in [3.63, 3.8) is 0 Å². The molecule has 1 atom stereocenters. The van der Waals surface area contributed by atoms with Crippen molar-refractivity contribution < 1.29 is 9.90 Å². The highest BCUT2D eigenvalue weighted by Gasteiger charge is 2.14. The van der Waals surface area contributed by atoms with Gasteiger partial charge in [-0.2, -0.15) is 0 Å². The number of nitrogens with zero attached hydrogens (tertiary/aromatic N) is 1. The Balaban J connectivity index is 2.67. The Hall–Kier alpha value is -1.85. The van der Waals surface area contributed by atoms with E-state index in [1.807, 2.05) is 0 Å². The molecular weight excluding hydrogens is 210 g/mol. The number of carboxylic acid groups (broad SMARTS) is 1. The van der Waals surface area contributed by atoms with Crippen LogP contribution in [0.3, 0.4) is 0 Å². The van der Waals surface area contributed by atoms with Gasteiger partial charge in [-0.25, -0.2) is 4.98 Å². The molecule has 1 aromatic heterocycles. The molecule has 0 fully saturated rings. The average molecular weight is 225 g/mol. The summed E-state index contributed by atoms with van der Waals surface area (Å²) in [7, 11) is 0. The standard InChI is InChI=1S/C10H15N3O3/c1-3-7(10(15)16)5-11-8-4-9(14)13-6(2)12-8/h4,7H,3,5H2,1-2H3,(H,15,16)(H2,11,12,13,14). The zero-order valence-corrected chi connectivity index (χ0v) is 9.28. The van der Waals surface area contributed by atoms with Crippen LogP contribution in [0.25, 0.3) is 0 Å². The molecule has 0 aliphatic heterocycles. The number of carbonyl (C=O) groups is 1. The van der Waals surface area contributed by atoms with Crippen molar-refractivity contribution in [2.75, 3.05) is 11.9 Å². The Morgan fingerprint density at radius 2 is 2.38 bits per heavy atom. The van der Waals surface area contributed by atoms with Gasteiger partial charge in [-0.15, -0.1) is 0 Å². The molecule has 1 rings (SSSR count). The van der Waals surface area contributed by atoms with E-state index in [4.69, 9.17) is 5.11 Å². The highest BCUT2D eigenvalue weighted by molar-refractivity contribution is 5.70. The largest absolute Gasteiger partial charge is 0.481 e. The van der Waals surface area contributed by atoms with E-state index in [9.17, 15) is 9.59 Å². The van der Waals surface area contributed by atoms with Crippen molar-refractivity contribution >= 4 is 11.8 Å². The summed E-state index contributed by atoms with van der Waals surface area (Å²) >= 11 is 0. The van der Waals surface area contributed by atoms with Crippen LogP contribution in [0.2, 0.25) is 0 Å². The fraction of sp³-hybridized carbons (Fsp3) is 0.500. The van der Waals surface area contributed by atoms with Gasteiger partial charge in [0.1, 0.15) is 11.6 Å². The van der Waals surface area contributed by atoms with Crippen LogP contribution in [0.15, 0.2) is 10.9 Å². The zero-order valence-electron chi connectivity index (χ0n) is 9.28. The topological polar surface area (TPSA) is 95.1 Å². The van der Waals surface area contributed by atoms with Gasteiger partial charge in [-0.1, -0.05) is 6.92 Å². The van der Waals surface area contributed by atoms with Crippen LogP contribution in [-0.4, -0.2) is 27.6 Å². The highest BCUT2D eigenvalue weighted by Crippen LogP contribution is 2.05. The number of hydrogen-bond donors (Lipinski definition) is 3. The number of nitrogens with one attached hydrogen (secondary N) is 2. The summed E-state index contributed by atoms with van der Waals surface area (Å²) in [6.07, 6.45) is 0.532. The number of hydrogen-bond acceptors (Lipinski definition) is 4. The van der Waals surface area contributed by atoms with E-state index in [0.717, 1.165) is 0 Å². The lowest BCUT2D eigenvalue weighted by Crippen LogP contribution is -2.23. The van der Waals surface area contributed by atoms with Gasteiger partial charge >= 0.3 is 5.97 Å². The van der Waals surface area contributed by atoms with Gasteiger partial charge in [0.05, 0.1) is 5.92 Å². The lowest BCUT2D eigenvalue weighted by Gasteiger charge is -2.11. The molecule has 0 spiro atoms. The molecule has 0 saturated heterocycles. The van der Waals surface area contributed by atoms with Crippen molar-refractivity contribution in [2.24, 2.45) is 5.92 Å². The summed E-state index contributed by atoms with van der Waals surface area (Å²) in [6, 6.07) is 1.31. The fourth-order valence-corrected chi connectivity index (χ4v) is 1.30. The zero-order chi connectivity index (χ0) is 12.1. The van der Waals surface area contributed by atoms with E-state index in [1.165, 1.54) is 6.07 Å². The quantitative estimate of drug-likeness (QED) is 0.682. The molecule has 0 aromatic carbocycles. The van der Waals surface area contributed by atoms with Crippen molar-refractivity contribution in [1.82, 2.24) is 9.97 Å². The first kappa shape index (κ1) is 12.2. The van der Waals surface area contributed by atoms with Crippen LogP contribution in [0.1, 0.15) is 19.2 Å². The van der Waals surface area contributed by atoms with Gasteiger partial charge in [0.15, 0.2) is 0 Å². The first-order valence-electron chi connectivity index (χ1n) is 5.07. The minimum Gasteiger partial charge on any atom is -0.481 e. The van der Waals surface area contributed by atoms with Gasteiger partial charge < -0.3 is 15.4 Å². The van der Waals surface area contributed by atoms with Crippen LogP contribution in [0.5, 0.6) is 0 Å². The molecule has 6 nitrogen and oxygen atoms in total. The maximum Gasteiger partial charge on any atom is 0.308 e. The monoisotopic (exact) mass is 225 g/mol. The van der Waals surface area contributed by atoms with Gasteiger partial charge in [-0.3, -0.25) is 9.59 Å². The predicted molar refractivity (Wildman–Crippen MR) is 59.5 cm³/mol. The predicted octanol–water partition coefficient (Wildman–Crippen LogP) is 0.601. The van der Waals surface area contributed by atoms with E-state index >= 15 is 0 Å². The molecule has 1 heterocycles. The molecule has 1 unspecified atom stereocenters. The molecule has 0 bridgehead atoms. The first-order valence-corrected chi connectivity index (χ1v) is 5.07. The number of aromatic amines is 1. The van der Waals surface area contributed by atoms with Crippen molar-refractivity contribution in [2.45, 2.75) is 20.3 Å². The molecule has 88 valence electrons. The third-order valence-corrected chi connectivity index (χ3v) is 2.23. The average Bonchev–Trinajstić information content (AvgIpc) is 2.16. The second-order valence-electron chi connectivity index (χ2n) is 3.54. The van der Waals surface area contributed by atoms with Crippen molar-refractivity contribution in [3.8, 4) is 0 Å². The Morgan fingerprint density at radius 1 is 1.69 bits per heavy atom. The van der Waals surface area contributed by atoms with Gasteiger partial charge in [0, 0.05) is 12.6 Å². The lowest BCUT2D eigenvalue weighted by atomic mass is 10.1. The van der Waals surface area contributed by atoms with E-state index in [2.05, 4.69) is 15.3 Å². The van der Waals surface area contributed by atoms with E-state index in [0.29, 0.717) is 18.1 Å². The van der Waals surface area contributed by atoms with Crippen LogP contribution >= 0.6 is 0 Å². The SMILES string of the molecule is CCC(CNc1cc(=O)[nH]c(C)n1)C(=O)O. The number of carboxylic acids is 1. The van der Waals surface area contributed by atoms with Crippen molar-refractivity contribution in [3.05, 3.63) is 22.2 Å². The van der Waals surface area contributed by atoms with Gasteiger partial charge in [0.25, 0.3) is 5.56 Å². The Labute approximate surface area is 92.7 Å². The summed E-state index contributed by atoms with van der Waals surface area (Å²) in [5, 5.41) is 11.7. The number of anilines is 1. The van der Waals surface area contributed by atoms with Crippen LogP contribution < -0.4 is 10.9 Å². The molecule has 3 N–H and O–H groups in total. The number of aryl methyl sites for hydroxylation is 1. The van der Waals surface area contributed by atoms with Crippen molar-refractivity contribution in [1.29, 1.82) is 0 Å². The molecule has 0 radical (unpaired) electrons. The summed E-state index contributed by atoms with van der Waals surface area (Å²) < 4.78 is 0. The maximum absolute atomic E-state index is 11.1. The fourth-order valence-electron chi connectivity index (χ4n) is 1.30. The van der Waals surface area contributed by atoms with Crippen LogP contribution in [-0.2, 0) is 4.79 Å². The highest BCUT2D eigenvalue weighted by atomic mass is 16.4. The Kier molecular flexibility index (Phi) is 4.04. The summed E-state index contributed by atoms with van der Waals surface area (Å²) in [4.78, 5) is 28.4. The smallest absolute Gasteiger partial charge is 0.308 e. The molecule has 16 heavy (non-hydrogen) atoms. The normalized spacial score (nSPS) is 12.1. The first-order chi connectivity index (χ1) is 7.52. The molecule has 0 saturated carbocycles. The molecule has 0 amide bonds. The maximum atomic E-state index is 11.1. The number of aromatic nitrogens is 2. The molecule has 0 aliphatic carbocycles. The second-order valence-corrected chi connectivity index (χ2v) is 3.54. The van der Waals surface area contributed by atoms with Gasteiger partial charge in [0.2, 0.25) is 0 Å². The van der Waals surface area contributed by atoms with Crippen LogP contribution in [0.4, 0.5) is 5.82 Å². The summed E-state index contributed by atoms with van der Waals surface area (Å²) in [5.41, 5.74) is -0.252. The van der Waals surface area contributed by atoms with Gasteiger partial charge in [-0.05, 0) is 13.3 Å². The Bertz CT molecular complexity index is 428. The molecule has 0 aliphatic rings. The van der Waals surface area contributed by atoms with E-state index in [-0.39, 0.29) is 12.1 Å². The molecule has 1 aromatic rings. The number of aliphatic carboxylic acids is 1. The number of rotatable bonds is 5. The minimum atomic E-state index is -0.850. The number of H-pyrrole nitrogens is 1. The van der Waals surface area contributed by atoms with E-state index < -0.39 is 11.9 Å². The lowest BCUT2D eigenvalue weighted by molar-refractivity contribution is -0.141. The Morgan fingerprint density at radius 3 is 2.88 bits per heavy atom. The van der Waals surface area contributed by atoms with Crippen LogP contribution in [0, 0.1) is 12.8 Å². The third-order valence-electron chi connectivity index (χ3n) is 2.23. The summed E-state index contributed by atoms with van der Waals surface area (Å²) in [6.45, 7) is 3.74. The third kappa shape index (κ3) is 3.38. The minimum absolute atomic E-state index is 0.252.